The highest BCUT2D eigenvalue weighted by atomic mass is 16.5. The van der Waals surface area contributed by atoms with E-state index in [1.54, 1.807) is 24.3 Å². The van der Waals surface area contributed by atoms with Gasteiger partial charge in [-0.2, -0.15) is 0 Å². The Kier molecular flexibility index (Phi) is 5.79. The minimum absolute atomic E-state index is 0.0259. The van der Waals surface area contributed by atoms with Gasteiger partial charge in [0, 0.05) is 6.04 Å². The molecule has 2 unspecified atom stereocenters. The summed E-state index contributed by atoms with van der Waals surface area (Å²) in [5.74, 6) is 0.291. The molecular weight excluding hydrogens is 246 g/mol. The van der Waals surface area contributed by atoms with Gasteiger partial charge in [0.25, 0.3) is 0 Å². The van der Waals surface area contributed by atoms with Gasteiger partial charge in [-0.1, -0.05) is 12.1 Å². The first kappa shape index (κ1) is 15.5. The minimum Gasteiger partial charge on any atom is -0.491 e. The fourth-order valence-electron chi connectivity index (χ4n) is 1.65. The number of benzene rings is 1. The Balaban J connectivity index is 2.66. The molecule has 0 aliphatic carbocycles. The summed E-state index contributed by atoms with van der Waals surface area (Å²) in [4.78, 5) is 11.1. The molecule has 0 saturated carbocycles. The molecule has 1 rings (SSSR count). The van der Waals surface area contributed by atoms with Crippen LogP contribution in [0.1, 0.15) is 31.9 Å². The molecule has 0 saturated heterocycles. The first-order valence-electron chi connectivity index (χ1n) is 6.21. The van der Waals surface area contributed by atoms with Gasteiger partial charge in [-0.25, -0.2) is 0 Å². The molecule has 19 heavy (non-hydrogen) atoms. The van der Waals surface area contributed by atoms with Gasteiger partial charge < -0.3 is 20.3 Å². The first-order valence-corrected chi connectivity index (χ1v) is 6.21. The van der Waals surface area contributed by atoms with Crippen molar-refractivity contribution in [2.45, 2.75) is 38.5 Å². The number of carbonyl (C=O) groups excluding carboxylic acids is 1. The average molecular weight is 267 g/mol. The fraction of sp³-hybridized carbons (Fsp3) is 0.500. The lowest BCUT2D eigenvalue weighted by Crippen LogP contribution is -2.31. The van der Waals surface area contributed by atoms with Crippen LogP contribution in [0.3, 0.4) is 0 Å². The summed E-state index contributed by atoms with van der Waals surface area (Å²) < 4.78 is 10.0. The molecule has 5 heteroatoms. The third-order valence-corrected chi connectivity index (χ3v) is 2.63. The summed E-state index contributed by atoms with van der Waals surface area (Å²) in [5.41, 5.74) is 6.41. The minimum atomic E-state index is -0.910. The molecule has 0 heterocycles. The van der Waals surface area contributed by atoms with Crippen LogP contribution in [0.4, 0.5) is 0 Å². The highest BCUT2D eigenvalue weighted by Crippen LogP contribution is 2.21. The predicted octanol–water partition coefficient (Wildman–Crippen LogP) is 1.40. The largest absolute Gasteiger partial charge is 0.491 e. The fourth-order valence-corrected chi connectivity index (χ4v) is 1.65. The summed E-state index contributed by atoms with van der Waals surface area (Å²) >= 11 is 0. The maximum atomic E-state index is 11.1. The predicted molar refractivity (Wildman–Crippen MR) is 71.8 cm³/mol. The van der Waals surface area contributed by atoms with E-state index >= 15 is 0 Å². The zero-order chi connectivity index (χ0) is 14.4. The third kappa shape index (κ3) is 4.89. The molecular formula is C14H21NO4. The molecule has 2 atom stereocenters. The van der Waals surface area contributed by atoms with Gasteiger partial charge in [0.2, 0.25) is 0 Å². The SMILES string of the molecule is COC(=O)CC(N)C(O)c1ccc(OC(C)C)cc1. The number of aliphatic hydroxyl groups is 1. The van der Waals surface area contributed by atoms with Gasteiger partial charge in [0.05, 0.1) is 25.7 Å². The second-order valence-electron chi connectivity index (χ2n) is 4.62. The molecule has 5 nitrogen and oxygen atoms in total. The van der Waals surface area contributed by atoms with Crippen LogP contribution in [-0.4, -0.2) is 30.3 Å². The van der Waals surface area contributed by atoms with Crippen LogP contribution < -0.4 is 10.5 Å². The van der Waals surface area contributed by atoms with E-state index in [2.05, 4.69) is 4.74 Å². The number of hydrogen-bond donors (Lipinski definition) is 2. The molecule has 0 amide bonds. The summed E-state index contributed by atoms with van der Waals surface area (Å²) in [5, 5.41) is 10.0. The molecule has 1 aromatic rings. The van der Waals surface area contributed by atoms with Gasteiger partial charge in [-0.15, -0.1) is 0 Å². The van der Waals surface area contributed by atoms with Crippen LogP contribution in [0.25, 0.3) is 0 Å². The molecule has 0 fully saturated rings. The second kappa shape index (κ2) is 7.11. The highest BCUT2D eigenvalue weighted by Gasteiger charge is 2.20. The van der Waals surface area contributed by atoms with Gasteiger partial charge in [-0.05, 0) is 31.5 Å². The average Bonchev–Trinajstić information content (AvgIpc) is 2.37. The zero-order valence-corrected chi connectivity index (χ0v) is 11.5. The van der Waals surface area contributed by atoms with Crippen molar-refractivity contribution in [1.82, 2.24) is 0 Å². The van der Waals surface area contributed by atoms with E-state index in [4.69, 9.17) is 10.5 Å². The van der Waals surface area contributed by atoms with Crippen molar-refractivity contribution in [2.24, 2.45) is 5.73 Å². The lowest BCUT2D eigenvalue weighted by atomic mass is 10.0. The number of rotatable bonds is 6. The molecule has 3 N–H and O–H groups in total. The molecule has 0 aromatic heterocycles. The van der Waals surface area contributed by atoms with Crippen LogP contribution in [0.15, 0.2) is 24.3 Å². The van der Waals surface area contributed by atoms with Crippen molar-refractivity contribution >= 4 is 5.97 Å². The summed E-state index contributed by atoms with van der Waals surface area (Å²) in [7, 11) is 1.29. The number of aliphatic hydroxyl groups excluding tert-OH is 1. The second-order valence-corrected chi connectivity index (χ2v) is 4.62. The lowest BCUT2D eigenvalue weighted by molar-refractivity contribution is -0.141. The number of esters is 1. The van der Waals surface area contributed by atoms with E-state index in [1.807, 2.05) is 13.8 Å². The van der Waals surface area contributed by atoms with E-state index in [1.165, 1.54) is 7.11 Å². The molecule has 0 bridgehead atoms. The van der Waals surface area contributed by atoms with Gasteiger partial charge in [0.15, 0.2) is 0 Å². The Morgan fingerprint density at radius 1 is 1.32 bits per heavy atom. The van der Waals surface area contributed by atoms with Gasteiger partial charge in [0.1, 0.15) is 5.75 Å². The van der Waals surface area contributed by atoms with Crippen LogP contribution in [0, 0.1) is 0 Å². The maximum absolute atomic E-state index is 11.1. The van der Waals surface area contributed by atoms with E-state index in [9.17, 15) is 9.90 Å². The normalized spacial score (nSPS) is 14.0. The lowest BCUT2D eigenvalue weighted by Gasteiger charge is -2.18. The van der Waals surface area contributed by atoms with E-state index in [-0.39, 0.29) is 12.5 Å². The van der Waals surface area contributed by atoms with Crippen LogP contribution in [-0.2, 0) is 9.53 Å². The molecule has 106 valence electrons. The molecule has 0 radical (unpaired) electrons. The van der Waals surface area contributed by atoms with Crippen molar-refractivity contribution in [2.75, 3.05) is 7.11 Å². The van der Waals surface area contributed by atoms with E-state index in [0.717, 1.165) is 5.75 Å². The van der Waals surface area contributed by atoms with E-state index in [0.29, 0.717) is 5.56 Å². The van der Waals surface area contributed by atoms with Crippen LogP contribution >= 0.6 is 0 Å². The number of ether oxygens (including phenoxy) is 2. The number of methoxy groups -OCH3 is 1. The Morgan fingerprint density at radius 2 is 1.89 bits per heavy atom. The van der Waals surface area contributed by atoms with Crippen molar-refractivity contribution in [3.05, 3.63) is 29.8 Å². The Labute approximate surface area is 113 Å². The maximum Gasteiger partial charge on any atom is 0.307 e. The number of nitrogens with two attached hydrogens (primary N) is 1. The van der Waals surface area contributed by atoms with Gasteiger partial charge >= 0.3 is 5.97 Å². The van der Waals surface area contributed by atoms with Crippen LogP contribution in [0.5, 0.6) is 5.75 Å². The Hall–Kier alpha value is -1.59. The van der Waals surface area contributed by atoms with E-state index < -0.39 is 18.1 Å². The van der Waals surface area contributed by atoms with Crippen molar-refractivity contribution < 1.29 is 19.4 Å². The standard InChI is InChI=1S/C14H21NO4/c1-9(2)19-11-6-4-10(5-7-11)14(17)12(15)8-13(16)18-3/h4-7,9,12,14,17H,8,15H2,1-3H3. The van der Waals surface area contributed by atoms with Crippen molar-refractivity contribution in [3.8, 4) is 5.75 Å². The smallest absolute Gasteiger partial charge is 0.307 e. The van der Waals surface area contributed by atoms with Crippen molar-refractivity contribution in [3.63, 3.8) is 0 Å². The highest BCUT2D eigenvalue weighted by molar-refractivity contribution is 5.70. The monoisotopic (exact) mass is 267 g/mol. The number of carbonyl (C=O) groups is 1. The topological polar surface area (TPSA) is 81.8 Å². The molecule has 1 aromatic carbocycles. The summed E-state index contributed by atoms with van der Waals surface area (Å²) in [6.07, 6.45) is -0.841. The molecule has 0 aliphatic rings. The third-order valence-electron chi connectivity index (χ3n) is 2.63. The van der Waals surface area contributed by atoms with Crippen molar-refractivity contribution in [1.29, 1.82) is 0 Å². The number of hydrogen-bond acceptors (Lipinski definition) is 5. The van der Waals surface area contributed by atoms with Crippen LogP contribution in [0.2, 0.25) is 0 Å². The Morgan fingerprint density at radius 3 is 2.37 bits per heavy atom. The molecule has 0 spiro atoms. The first-order chi connectivity index (χ1) is 8.93. The quantitative estimate of drug-likeness (QED) is 0.761. The Bertz CT molecular complexity index is 402. The molecule has 0 aliphatic heterocycles. The summed E-state index contributed by atoms with van der Waals surface area (Å²) in [6.45, 7) is 3.88. The summed E-state index contributed by atoms with van der Waals surface area (Å²) in [6, 6.07) is 6.32. The van der Waals surface area contributed by atoms with Gasteiger partial charge in [-0.3, -0.25) is 4.79 Å². The zero-order valence-electron chi connectivity index (χ0n) is 11.5.